The van der Waals surface area contributed by atoms with Crippen molar-refractivity contribution >= 4 is 37.1 Å². The van der Waals surface area contributed by atoms with Gasteiger partial charge in [-0.2, -0.15) is 52.7 Å². The van der Waals surface area contributed by atoms with Crippen LogP contribution in [0.25, 0.3) is 0 Å². The highest BCUT2D eigenvalue weighted by Gasteiger charge is 2.43. The van der Waals surface area contributed by atoms with Gasteiger partial charge in [0.15, 0.2) is 0 Å². The minimum absolute atomic E-state index is 0.118. The molecule has 5 rings (SSSR count). The first-order valence-electron chi connectivity index (χ1n) is 16.1. The predicted octanol–water partition coefficient (Wildman–Crippen LogP) is 11.8. The fourth-order valence-electron chi connectivity index (χ4n) is 6.65. The van der Waals surface area contributed by atoms with Gasteiger partial charge in [-0.05, 0) is 101 Å². The Bertz CT molecular complexity index is 1830. The van der Waals surface area contributed by atoms with Crippen LogP contribution in [0.2, 0.25) is 0 Å². The molecule has 4 aromatic carbocycles. The van der Waals surface area contributed by atoms with Crippen LogP contribution in [0.15, 0.2) is 96.6 Å². The maximum Gasteiger partial charge on any atom is 0.416 e. The van der Waals surface area contributed by atoms with Crippen molar-refractivity contribution in [3.05, 3.63) is 141 Å². The van der Waals surface area contributed by atoms with Crippen molar-refractivity contribution in [2.45, 2.75) is 70.6 Å². The van der Waals surface area contributed by atoms with E-state index in [2.05, 4.69) is 0 Å². The molecule has 1 unspecified atom stereocenters. The number of rotatable bonds is 7. The Labute approximate surface area is 301 Å². The number of hydrogen-bond donors (Lipinski definition) is 0. The van der Waals surface area contributed by atoms with Gasteiger partial charge in [0, 0.05) is 11.3 Å². The highest BCUT2D eigenvalue weighted by atomic mass is 31.1. The van der Waals surface area contributed by atoms with Crippen molar-refractivity contribution in [3.63, 3.8) is 0 Å². The number of aryl methyl sites for hydroxylation is 4. The zero-order valence-electron chi connectivity index (χ0n) is 28.7. The van der Waals surface area contributed by atoms with Gasteiger partial charge in [0.1, 0.15) is 0 Å². The van der Waals surface area contributed by atoms with Gasteiger partial charge in [0.2, 0.25) is 0 Å². The topological polar surface area (TPSA) is 0 Å². The van der Waals surface area contributed by atoms with Crippen LogP contribution in [-0.4, -0.2) is 11.3 Å². The molecule has 14 heteroatoms. The summed E-state index contributed by atoms with van der Waals surface area (Å²) in [7, 11) is -4.20. The summed E-state index contributed by atoms with van der Waals surface area (Å²) in [5, 5.41) is 0.434. The molecule has 4 aromatic rings. The molecule has 0 N–H and O–H groups in total. The van der Waals surface area contributed by atoms with E-state index in [0.29, 0.717) is 29.8 Å². The fourth-order valence-corrected chi connectivity index (χ4v) is 12.8. The molecule has 0 saturated heterocycles. The Morgan fingerprint density at radius 3 is 1.08 bits per heavy atom. The Hall–Kier alpha value is -3.62. The van der Waals surface area contributed by atoms with Crippen molar-refractivity contribution < 1.29 is 52.7 Å². The van der Waals surface area contributed by atoms with E-state index in [-0.39, 0.29) is 12.1 Å². The van der Waals surface area contributed by atoms with Crippen LogP contribution in [0.3, 0.4) is 0 Å². The van der Waals surface area contributed by atoms with E-state index in [4.69, 9.17) is 0 Å². The second-order valence-corrected chi connectivity index (χ2v) is 18.0. The second-order valence-electron chi connectivity index (χ2n) is 13.1. The lowest BCUT2D eigenvalue weighted by molar-refractivity contribution is -0.144. The zero-order valence-corrected chi connectivity index (χ0v) is 30.5. The van der Waals surface area contributed by atoms with Gasteiger partial charge < -0.3 is 0 Å². The van der Waals surface area contributed by atoms with Gasteiger partial charge in [0.25, 0.3) is 0 Å². The molecule has 282 valence electrons. The van der Waals surface area contributed by atoms with Crippen molar-refractivity contribution in [1.82, 2.24) is 0 Å². The SMILES string of the molecule is Cc1cc(C)cc(P(c2cc(C)cc(C)c2)C(C)C2=CC=C[C@H]2P(c2cc(C(F)(F)F)cc(C(F)(F)F)c2)c2cc(C(F)(F)F)cc(C(F)(F)F)c2)c1. The first-order valence-corrected chi connectivity index (χ1v) is 18.9. The summed E-state index contributed by atoms with van der Waals surface area (Å²) in [6.07, 6.45) is -16.7. The van der Waals surface area contributed by atoms with Crippen LogP contribution in [0.4, 0.5) is 52.7 Å². The fraction of sp³-hybridized carbons (Fsp3) is 0.282. The van der Waals surface area contributed by atoms with Crippen LogP contribution in [-0.2, 0) is 24.7 Å². The quantitative estimate of drug-likeness (QED) is 0.129. The average Bonchev–Trinajstić information content (AvgIpc) is 3.48. The molecule has 1 aliphatic carbocycles. The molecule has 0 radical (unpaired) electrons. The molecular weight excluding hydrogens is 758 g/mol. The lowest BCUT2D eigenvalue weighted by Crippen LogP contribution is -2.30. The summed E-state index contributed by atoms with van der Waals surface area (Å²) in [6, 6.07) is 13.2. The van der Waals surface area contributed by atoms with Gasteiger partial charge in [-0.3, -0.25) is 0 Å². The molecule has 0 saturated carbocycles. The molecule has 0 aromatic heterocycles. The van der Waals surface area contributed by atoms with Gasteiger partial charge in [-0.15, -0.1) is 0 Å². The monoisotopic (exact) mass is 790 g/mol. The smallest absolute Gasteiger partial charge is 0.166 e. The van der Waals surface area contributed by atoms with E-state index in [9.17, 15) is 52.7 Å². The van der Waals surface area contributed by atoms with E-state index in [1.54, 1.807) is 6.08 Å². The third kappa shape index (κ3) is 9.20. The summed E-state index contributed by atoms with van der Waals surface area (Å²) >= 11 is 0. The van der Waals surface area contributed by atoms with Crippen molar-refractivity contribution in [2.24, 2.45) is 0 Å². The predicted molar refractivity (Wildman–Crippen MR) is 188 cm³/mol. The van der Waals surface area contributed by atoms with Crippen LogP contribution in [0, 0.1) is 27.7 Å². The normalized spacial score (nSPS) is 16.1. The van der Waals surface area contributed by atoms with Gasteiger partial charge in [-0.25, -0.2) is 0 Å². The van der Waals surface area contributed by atoms with E-state index >= 15 is 0 Å². The molecular formula is C39H32F12P2. The molecule has 2 atom stereocenters. The summed E-state index contributed by atoms with van der Waals surface area (Å²) in [6.45, 7) is 9.40. The summed E-state index contributed by atoms with van der Waals surface area (Å²) in [5.41, 5.74) is -4.47. The van der Waals surface area contributed by atoms with Crippen molar-refractivity contribution in [2.75, 3.05) is 0 Å². The van der Waals surface area contributed by atoms with Gasteiger partial charge in [0.05, 0.1) is 22.3 Å². The molecule has 53 heavy (non-hydrogen) atoms. The van der Waals surface area contributed by atoms with Crippen LogP contribution >= 0.6 is 15.8 Å². The van der Waals surface area contributed by atoms with Crippen molar-refractivity contribution in [1.29, 1.82) is 0 Å². The lowest BCUT2D eigenvalue weighted by atomic mass is 10.1. The third-order valence-corrected chi connectivity index (χ3v) is 14.1. The summed E-state index contributed by atoms with van der Waals surface area (Å²) in [4.78, 5) is 0. The van der Waals surface area contributed by atoms with Gasteiger partial charge in [-0.1, -0.05) is 89.4 Å². The summed E-state index contributed by atoms with van der Waals surface area (Å²) < 4.78 is 170. The number of halogens is 12. The molecule has 0 amide bonds. The highest BCUT2D eigenvalue weighted by Crippen LogP contribution is 2.54. The Balaban J connectivity index is 1.81. The number of hydrogen-bond acceptors (Lipinski definition) is 0. The van der Waals surface area contributed by atoms with E-state index in [1.165, 1.54) is 12.2 Å². The van der Waals surface area contributed by atoms with Crippen LogP contribution in [0.5, 0.6) is 0 Å². The molecule has 0 heterocycles. The van der Waals surface area contributed by atoms with Gasteiger partial charge >= 0.3 is 24.7 Å². The van der Waals surface area contributed by atoms with Crippen molar-refractivity contribution in [3.8, 4) is 0 Å². The third-order valence-electron chi connectivity index (χ3n) is 8.74. The Kier molecular flexibility index (Phi) is 11.1. The lowest BCUT2D eigenvalue weighted by Gasteiger charge is -2.35. The maximum absolute atomic E-state index is 14.2. The number of alkyl halides is 12. The molecule has 0 bridgehead atoms. The average molecular weight is 791 g/mol. The molecule has 1 aliphatic rings. The minimum atomic E-state index is -5.32. The molecule has 0 nitrogen and oxygen atoms in total. The van der Waals surface area contributed by atoms with E-state index in [0.717, 1.165) is 32.9 Å². The van der Waals surface area contributed by atoms with E-state index < -0.39 is 84.7 Å². The molecule has 0 aliphatic heterocycles. The number of benzene rings is 4. The summed E-state index contributed by atoms with van der Waals surface area (Å²) in [5.74, 6) is 0. The molecule has 0 spiro atoms. The van der Waals surface area contributed by atoms with Crippen LogP contribution in [0.1, 0.15) is 51.4 Å². The highest BCUT2D eigenvalue weighted by molar-refractivity contribution is 7.75. The Morgan fingerprint density at radius 2 is 0.774 bits per heavy atom. The maximum atomic E-state index is 14.2. The number of allylic oxidation sites excluding steroid dienone is 4. The standard InChI is InChI=1S/C39H32F12P2/c1-21-9-22(2)12-30(11-21)52(31-13-23(3)10-24(4)14-31)25(5)34-7-6-8-35(34)53(32-17-26(36(40,41)42)15-27(18-32)37(43,44)45)33-19-28(38(46,47)48)16-29(20-33)39(49,50)51/h6-20,25,35H,1-5H3/t25?,35-/m1/s1. The van der Waals surface area contributed by atoms with E-state index in [1.807, 2.05) is 71.0 Å². The molecule has 0 fully saturated rings. The zero-order chi connectivity index (χ0) is 39.4. The Morgan fingerprint density at radius 1 is 0.453 bits per heavy atom. The second kappa shape index (κ2) is 14.6. The first kappa shape index (κ1) is 40.6. The first-order chi connectivity index (χ1) is 24.3. The largest absolute Gasteiger partial charge is 0.416 e. The minimum Gasteiger partial charge on any atom is -0.166 e. The van der Waals surface area contributed by atoms with Crippen LogP contribution < -0.4 is 21.2 Å².